The predicted octanol–water partition coefficient (Wildman–Crippen LogP) is 2.60. The monoisotopic (exact) mass is 248 g/mol. The normalized spacial score (nSPS) is 11.8. The number of phenols is 1. The van der Waals surface area contributed by atoms with Crippen LogP contribution >= 0.6 is 0 Å². The highest BCUT2D eigenvalue weighted by atomic mass is 19.4. The Morgan fingerprint density at radius 2 is 1.94 bits per heavy atom. The third-order valence-corrected chi connectivity index (χ3v) is 1.87. The van der Waals surface area contributed by atoms with Crippen LogP contribution in [0.3, 0.4) is 0 Å². The zero-order valence-corrected chi connectivity index (χ0v) is 7.99. The Kier molecular flexibility index (Phi) is 2.49. The minimum atomic E-state index is -4.76. The first-order valence-corrected chi connectivity index (χ1v) is 4.28. The van der Waals surface area contributed by atoms with E-state index in [1.165, 1.54) is 0 Å². The lowest BCUT2D eigenvalue weighted by atomic mass is 10.2. The summed E-state index contributed by atoms with van der Waals surface area (Å²) in [4.78, 5) is 3.02. The molecule has 8 heteroatoms. The maximum atomic E-state index is 12.9. The number of hydrogen-bond donors (Lipinski definition) is 1. The van der Waals surface area contributed by atoms with Gasteiger partial charge in [-0.3, -0.25) is 0 Å². The van der Waals surface area contributed by atoms with Crippen molar-refractivity contribution in [3.05, 3.63) is 29.8 Å². The summed E-state index contributed by atoms with van der Waals surface area (Å²) in [5, 5.41) is 12.0. The minimum absolute atomic E-state index is 0.298. The molecular weight excluding hydrogens is 244 g/mol. The fourth-order valence-corrected chi connectivity index (χ4v) is 1.13. The molecule has 0 bridgehead atoms. The van der Waals surface area contributed by atoms with E-state index in [1.807, 2.05) is 0 Å². The van der Waals surface area contributed by atoms with Crippen molar-refractivity contribution in [2.24, 2.45) is 0 Å². The molecule has 1 aromatic carbocycles. The lowest BCUT2D eigenvalue weighted by Crippen LogP contribution is -2.07. The molecule has 0 aliphatic rings. The van der Waals surface area contributed by atoms with Crippen LogP contribution in [0.25, 0.3) is 11.5 Å². The van der Waals surface area contributed by atoms with Crippen molar-refractivity contribution in [3.63, 3.8) is 0 Å². The Labute approximate surface area is 91.5 Å². The summed E-state index contributed by atoms with van der Waals surface area (Å²) < 4.78 is 53.7. The van der Waals surface area contributed by atoms with Gasteiger partial charge in [0.05, 0.1) is 5.56 Å². The highest BCUT2D eigenvalue weighted by Gasteiger charge is 2.37. The molecule has 0 aliphatic carbocycles. The van der Waals surface area contributed by atoms with E-state index in [1.54, 1.807) is 0 Å². The summed E-state index contributed by atoms with van der Waals surface area (Å²) in [7, 11) is 0. The van der Waals surface area contributed by atoms with Crippen molar-refractivity contribution in [3.8, 4) is 17.2 Å². The van der Waals surface area contributed by atoms with Gasteiger partial charge in [0.15, 0.2) is 0 Å². The van der Waals surface area contributed by atoms with Crippen LogP contribution < -0.4 is 0 Å². The molecule has 0 fully saturated rings. The molecule has 2 aromatic rings. The second-order valence-corrected chi connectivity index (χ2v) is 3.08. The number of hydrogen-bond acceptors (Lipinski definition) is 4. The number of benzene rings is 1. The molecule has 0 aliphatic heterocycles. The van der Waals surface area contributed by atoms with Gasteiger partial charge in [0.2, 0.25) is 0 Å². The van der Waals surface area contributed by atoms with Crippen molar-refractivity contribution < 1.29 is 27.2 Å². The van der Waals surface area contributed by atoms with Crippen LogP contribution in [0.15, 0.2) is 22.7 Å². The molecule has 0 spiro atoms. The molecule has 0 unspecified atom stereocenters. The molecule has 4 nitrogen and oxygen atoms in total. The Hall–Kier alpha value is -2.12. The van der Waals surface area contributed by atoms with Crippen molar-refractivity contribution in [2.75, 3.05) is 0 Å². The number of aromatic hydroxyl groups is 1. The number of phenolic OH excluding ortho intramolecular Hbond substituents is 1. The smallest absolute Gasteiger partial charge is 0.455 e. The van der Waals surface area contributed by atoms with Gasteiger partial charge in [-0.05, 0) is 18.2 Å². The summed E-state index contributed by atoms with van der Waals surface area (Å²) in [5.41, 5.74) is -0.298. The first kappa shape index (κ1) is 11.4. The predicted molar refractivity (Wildman–Crippen MR) is 46.4 cm³/mol. The third kappa shape index (κ3) is 2.19. The molecule has 0 radical (unpaired) electrons. The van der Waals surface area contributed by atoms with Gasteiger partial charge in [-0.2, -0.15) is 18.2 Å². The molecular formula is C9H4F4N2O2. The third-order valence-electron chi connectivity index (χ3n) is 1.87. The fourth-order valence-electron chi connectivity index (χ4n) is 1.13. The average molecular weight is 248 g/mol. The molecule has 0 saturated carbocycles. The Bertz CT molecular complexity index is 550. The lowest BCUT2D eigenvalue weighted by Gasteiger charge is -1.99. The van der Waals surface area contributed by atoms with Gasteiger partial charge >= 0.3 is 6.18 Å². The summed E-state index contributed by atoms with van der Waals surface area (Å²) in [5.74, 6) is -3.29. The highest BCUT2D eigenvalue weighted by molar-refractivity contribution is 5.61. The molecule has 1 N–H and O–H groups in total. The van der Waals surface area contributed by atoms with Crippen molar-refractivity contribution in [1.29, 1.82) is 0 Å². The zero-order chi connectivity index (χ0) is 12.6. The van der Waals surface area contributed by atoms with Gasteiger partial charge in [-0.25, -0.2) is 4.39 Å². The number of halogens is 4. The van der Waals surface area contributed by atoms with E-state index in [0.717, 1.165) is 18.2 Å². The van der Waals surface area contributed by atoms with Crippen LogP contribution in [0.2, 0.25) is 0 Å². The summed E-state index contributed by atoms with van der Waals surface area (Å²) in [6.45, 7) is 0. The van der Waals surface area contributed by atoms with E-state index < -0.39 is 29.5 Å². The molecule has 1 aromatic heterocycles. The maximum absolute atomic E-state index is 12.9. The molecule has 2 rings (SSSR count). The number of alkyl halides is 3. The van der Waals surface area contributed by atoms with Gasteiger partial charge in [0, 0.05) is 0 Å². The van der Waals surface area contributed by atoms with Crippen LogP contribution in [0.4, 0.5) is 17.6 Å². The standard InChI is InChI=1S/C9H4F4N2O2/c10-4-1-2-6(16)5(3-4)7-14-8(15-17-7)9(11,12)13/h1-3,16H. The molecule has 0 atom stereocenters. The van der Waals surface area contributed by atoms with Crippen LogP contribution in [0.5, 0.6) is 5.75 Å². The molecule has 0 amide bonds. The Morgan fingerprint density at radius 3 is 2.53 bits per heavy atom. The average Bonchev–Trinajstić information content (AvgIpc) is 2.70. The quantitative estimate of drug-likeness (QED) is 0.788. The van der Waals surface area contributed by atoms with Gasteiger partial charge in [0.25, 0.3) is 11.7 Å². The number of aromatic nitrogens is 2. The topological polar surface area (TPSA) is 59.2 Å². The van der Waals surface area contributed by atoms with E-state index in [-0.39, 0.29) is 5.56 Å². The number of rotatable bonds is 1. The largest absolute Gasteiger partial charge is 0.507 e. The van der Waals surface area contributed by atoms with Gasteiger partial charge in [0.1, 0.15) is 11.6 Å². The summed E-state index contributed by atoms with van der Waals surface area (Å²) in [6.07, 6.45) is -4.76. The fraction of sp³-hybridized carbons (Fsp3) is 0.111. The first-order valence-electron chi connectivity index (χ1n) is 4.28. The summed E-state index contributed by atoms with van der Waals surface area (Å²) in [6, 6.07) is 2.71. The van der Waals surface area contributed by atoms with E-state index in [9.17, 15) is 22.7 Å². The van der Waals surface area contributed by atoms with E-state index in [0.29, 0.717) is 0 Å². The first-order chi connectivity index (χ1) is 7.88. The molecule has 17 heavy (non-hydrogen) atoms. The zero-order valence-electron chi connectivity index (χ0n) is 7.99. The second kappa shape index (κ2) is 3.72. The van der Waals surface area contributed by atoms with Crippen molar-refractivity contribution >= 4 is 0 Å². The Balaban J connectivity index is 2.47. The van der Waals surface area contributed by atoms with Crippen LogP contribution in [0, 0.1) is 5.82 Å². The minimum Gasteiger partial charge on any atom is -0.507 e. The van der Waals surface area contributed by atoms with E-state index in [2.05, 4.69) is 14.7 Å². The van der Waals surface area contributed by atoms with Crippen LogP contribution in [0.1, 0.15) is 5.82 Å². The van der Waals surface area contributed by atoms with Gasteiger partial charge < -0.3 is 9.63 Å². The molecule has 90 valence electrons. The SMILES string of the molecule is Oc1ccc(F)cc1-c1nc(C(F)(F)F)no1. The van der Waals surface area contributed by atoms with Crippen LogP contribution in [-0.2, 0) is 6.18 Å². The van der Waals surface area contributed by atoms with Crippen LogP contribution in [-0.4, -0.2) is 15.2 Å². The number of nitrogens with zero attached hydrogens (tertiary/aromatic N) is 2. The van der Waals surface area contributed by atoms with Gasteiger partial charge in [-0.1, -0.05) is 5.16 Å². The Morgan fingerprint density at radius 1 is 1.24 bits per heavy atom. The lowest BCUT2D eigenvalue weighted by molar-refractivity contribution is -0.146. The maximum Gasteiger partial charge on any atom is 0.455 e. The van der Waals surface area contributed by atoms with Gasteiger partial charge in [-0.15, -0.1) is 0 Å². The highest BCUT2D eigenvalue weighted by Crippen LogP contribution is 2.32. The van der Waals surface area contributed by atoms with E-state index in [4.69, 9.17) is 0 Å². The molecule has 1 heterocycles. The molecule has 0 saturated heterocycles. The second-order valence-electron chi connectivity index (χ2n) is 3.08. The van der Waals surface area contributed by atoms with E-state index >= 15 is 0 Å². The van der Waals surface area contributed by atoms with Crippen molar-refractivity contribution in [2.45, 2.75) is 6.18 Å². The summed E-state index contributed by atoms with van der Waals surface area (Å²) >= 11 is 0. The van der Waals surface area contributed by atoms with Crippen molar-refractivity contribution in [1.82, 2.24) is 10.1 Å².